The highest BCUT2D eigenvalue weighted by molar-refractivity contribution is 7.09. The van der Waals surface area contributed by atoms with Crippen LogP contribution in [0.3, 0.4) is 0 Å². The molecule has 0 unspecified atom stereocenters. The molecule has 3 rings (SSSR count). The molecular weight excluding hydrogens is 328 g/mol. The summed E-state index contributed by atoms with van der Waals surface area (Å²) in [7, 11) is 0. The van der Waals surface area contributed by atoms with Crippen LogP contribution in [0.15, 0.2) is 29.6 Å². The topological polar surface area (TPSA) is 79.7 Å². The molecule has 1 fully saturated rings. The zero-order valence-corrected chi connectivity index (χ0v) is 13.9. The van der Waals surface area contributed by atoms with Gasteiger partial charge in [0.25, 0.3) is 0 Å². The van der Waals surface area contributed by atoms with Crippen LogP contribution in [-0.2, 0) is 16.0 Å². The van der Waals surface area contributed by atoms with E-state index >= 15 is 0 Å². The van der Waals surface area contributed by atoms with E-state index < -0.39 is 5.97 Å². The molecule has 0 spiro atoms. The van der Waals surface area contributed by atoms with E-state index in [4.69, 9.17) is 9.84 Å². The highest BCUT2D eigenvalue weighted by Gasteiger charge is 2.19. The van der Waals surface area contributed by atoms with Gasteiger partial charge >= 0.3 is 5.97 Å². The first-order valence-electron chi connectivity index (χ1n) is 7.79. The van der Waals surface area contributed by atoms with Crippen molar-refractivity contribution in [3.8, 4) is 17.0 Å². The van der Waals surface area contributed by atoms with Crippen LogP contribution < -0.4 is 4.74 Å². The summed E-state index contributed by atoms with van der Waals surface area (Å²) in [6.45, 7) is 1.23. The predicted octanol–water partition coefficient (Wildman–Crippen LogP) is 2.44. The van der Waals surface area contributed by atoms with Gasteiger partial charge in [-0.05, 0) is 30.7 Å². The highest BCUT2D eigenvalue weighted by atomic mass is 32.1. The third kappa shape index (κ3) is 4.11. The van der Waals surface area contributed by atoms with Gasteiger partial charge < -0.3 is 14.7 Å². The minimum absolute atomic E-state index is 0.240. The number of amides is 1. The molecule has 126 valence electrons. The van der Waals surface area contributed by atoms with Gasteiger partial charge in [0.1, 0.15) is 5.75 Å². The van der Waals surface area contributed by atoms with Crippen molar-refractivity contribution >= 4 is 23.2 Å². The number of hydrogen-bond acceptors (Lipinski definition) is 5. The number of carbonyl (C=O) groups is 2. The molecule has 1 amide bonds. The summed E-state index contributed by atoms with van der Waals surface area (Å²) in [5, 5.41) is 11.6. The Morgan fingerprint density at radius 1 is 1.33 bits per heavy atom. The first kappa shape index (κ1) is 16.4. The van der Waals surface area contributed by atoms with Gasteiger partial charge in [0.05, 0.1) is 10.7 Å². The number of carboxylic acid groups (broad SMARTS) is 1. The molecule has 0 aliphatic carbocycles. The summed E-state index contributed by atoms with van der Waals surface area (Å²) in [6, 6.07) is 7.19. The first-order valence-corrected chi connectivity index (χ1v) is 8.67. The Morgan fingerprint density at radius 3 is 2.79 bits per heavy atom. The quantitative estimate of drug-likeness (QED) is 0.833. The number of thiazole rings is 1. The number of aliphatic carboxylic acids is 1. The highest BCUT2D eigenvalue weighted by Crippen LogP contribution is 2.25. The van der Waals surface area contributed by atoms with E-state index in [9.17, 15) is 9.59 Å². The maximum atomic E-state index is 11.6. The number of ether oxygens (including phenoxy) is 1. The van der Waals surface area contributed by atoms with Crippen molar-refractivity contribution in [1.29, 1.82) is 0 Å². The fourth-order valence-electron chi connectivity index (χ4n) is 2.60. The van der Waals surface area contributed by atoms with E-state index in [1.165, 1.54) is 0 Å². The van der Waals surface area contributed by atoms with E-state index in [1.807, 2.05) is 22.4 Å². The van der Waals surface area contributed by atoms with Gasteiger partial charge in [-0.1, -0.05) is 0 Å². The molecule has 1 aromatic carbocycles. The second-order valence-electron chi connectivity index (χ2n) is 5.57. The second kappa shape index (κ2) is 7.44. The molecule has 2 heterocycles. The molecule has 0 saturated carbocycles. The van der Waals surface area contributed by atoms with E-state index in [-0.39, 0.29) is 12.5 Å². The molecule has 6 nitrogen and oxygen atoms in total. The van der Waals surface area contributed by atoms with E-state index in [2.05, 4.69) is 4.98 Å². The molecule has 1 aromatic heterocycles. The third-order valence-corrected chi connectivity index (χ3v) is 4.74. The largest absolute Gasteiger partial charge is 0.482 e. The standard InChI is InChI=1S/C17H18N2O4S/c20-16-2-1-8-19(16)9-7-15-18-14(11-24-15)12-3-5-13(6-4-12)23-10-17(21)22/h3-6,11H,1-2,7-10H2,(H,21,22). The lowest BCUT2D eigenvalue weighted by Gasteiger charge is -2.13. The van der Waals surface area contributed by atoms with Crippen LogP contribution in [0.1, 0.15) is 17.8 Å². The molecule has 1 N–H and O–H groups in total. The van der Waals surface area contributed by atoms with Crippen LogP contribution in [0.5, 0.6) is 5.75 Å². The van der Waals surface area contributed by atoms with Crippen LogP contribution in [-0.4, -0.2) is 46.6 Å². The molecule has 1 aliphatic rings. The fraction of sp³-hybridized carbons (Fsp3) is 0.353. The average Bonchev–Trinajstić information content (AvgIpc) is 3.20. The Bertz CT molecular complexity index is 726. The Balaban J connectivity index is 1.58. The van der Waals surface area contributed by atoms with Crippen LogP contribution >= 0.6 is 11.3 Å². The van der Waals surface area contributed by atoms with Gasteiger partial charge in [0.2, 0.25) is 5.91 Å². The summed E-state index contributed by atoms with van der Waals surface area (Å²) in [5.41, 5.74) is 1.84. The summed E-state index contributed by atoms with van der Waals surface area (Å²) in [4.78, 5) is 28.6. The van der Waals surface area contributed by atoms with Crippen LogP contribution in [0.25, 0.3) is 11.3 Å². The minimum Gasteiger partial charge on any atom is -0.482 e. The normalized spacial score (nSPS) is 14.2. The number of carbonyl (C=O) groups excluding carboxylic acids is 1. The SMILES string of the molecule is O=C(O)COc1ccc(-c2csc(CCN3CCCC3=O)n2)cc1. The smallest absolute Gasteiger partial charge is 0.341 e. The Hall–Kier alpha value is -2.41. The van der Waals surface area contributed by atoms with Crippen molar-refractivity contribution in [2.45, 2.75) is 19.3 Å². The first-order chi connectivity index (χ1) is 11.6. The van der Waals surface area contributed by atoms with Gasteiger partial charge in [-0.15, -0.1) is 11.3 Å². The van der Waals surface area contributed by atoms with Crippen LogP contribution in [0, 0.1) is 0 Å². The number of rotatable bonds is 7. The van der Waals surface area contributed by atoms with Crippen molar-refractivity contribution < 1.29 is 19.4 Å². The molecular formula is C17H18N2O4S. The molecule has 1 aliphatic heterocycles. The van der Waals surface area contributed by atoms with Gasteiger partial charge in [-0.3, -0.25) is 4.79 Å². The van der Waals surface area contributed by atoms with Crippen molar-refractivity contribution in [3.63, 3.8) is 0 Å². The maximum absolute atomic E-state index is 11.6. The average molecular weight is 346 g/mol. The number of hydrogen-bond donors (Lipinski definition) is 1. The molecule has 2 aromatic rings. The van der Waals surface area contributed by atoms with Gasteiger partial charge in [0.15, 0.2) is 6.61 Å². The zero-order chi connectivity index (χ0) is 16.9. The Kier molecular flexibility index (Phi) is 5.10. The van der Waals surface area contributed by atoms with Crippen molar-refractivity contribution in [3.05, 3.63) is 34.7 Å². The summed E-state index contributed by atoms with van der Waals surface area (Å²) < 4.78 is 5.11. The van der Waals surface area contributed by atoms with E-state index in [1.54, 1.807) is 23.5 Å². The number of nitrogens with zero attached hydrogens (tertiary/aromatic N) is 2. The molecule has 0 radical (unpaired) electrons. The molecule has 7 heteroatoms. The molecule has 0 bridgehead atoms. The number of likely N-dealkylation sites (tertiary alicyclic amines) is 1. The van der Waals surface area contributed by atoms with Crippen molar-refractivity contribution in [2.24, 2.45) is 0 Å². The lowest BCUT2D eigenvalue weighted by molar-refractivity contribution is -0.139. The lowest BCUT2D eigenvalue weighted by Crippen LogP contribution is -2.26. The lowest BCUT2D eigenvalue weighted by atomic mass is 10.2. The van der Waals surface area contributed by atoms with Crippen LogP contribution in [0.2, 0.25) is 0 Å². The van der Waals surface area contributed by atoms with Crippen molar-refractivity contribution in [2.75, 3.05) is 19.7 Å². The predicted molar refractivity (Wildman–Crippen MR) is 90.2 cm³/mol. The monoisotopic (exact) mass is 346 g/mol. The summed E-state index contributed by atoms with van der Waals surface area (Å²) in [5.74, 6) is -0.243. The maximum Gasteiger partial charge on any atom is 0.341 e. The molecule has 24 heavy (non-hydrogen) atoms. The van der Waals surface area contributed by atoms with Gasteiger partial charge in [0, 0.05) is 36.9 Å². The summed E-state index contributed by atoms with van der Waals surface area (Å²) in [6.07, 6.45) is 2.40. The van der Waals surface area contributed by atoms with E-state index in [0.717, 1.165) is 42.2 Å². The summed E-state index contributed by atoms with van der Waals surface area (Å²) >= 11 is 1.59. The van der Waals surface area contributed by atoms with Gasteiger partial charge in [-0.2, -0.15) is 0 Å². The fourth-order valence-corrected chi connectivity index (χ4v) is 3.39. The Labute approximate surface area is 143 Å². The number of benzene rings is 1. The third-order valence-electron chi connectivity index (χ3n) is 3.83. The zero-order valence-electron chi connectivity index (χ0n) is 13.1. The number of aromatic nitrogens is 1. The minimum atomic E-state index is -1.00. The second-order valence-corrected chi connectivity index (χ2v) is 6.51. The van der Waals surface area contributed by atoms with Gasteiger partial charge in [-0.25, -0.2) is 9.78 Å². The van der Waals surface area contributed by atoms with Crippen LogP contribution in [0.4, 0.5) is 0 Å². The molecule has 1 saturated heterocycles. The number of carboxylic acids is 1. The Morgan fingerprint density at radius 2 is 2.12 bits per heavy atom. The molecule has 0 atom stereocenters. The van der Waals surface area contributed by atoms with E-state index in [0.29, 0.717) is 12.2 Å². The van der Waals surface area contributed by atoms with Crippen molar-refractivity contribution in [1.82, 2.24) is 9.88 Å².